The number of ether oxygens (including phenoxy) is 2. The number of carbonyl (C=O) groups is 1. The third-order valence-corrected chi connectivity index (χ3v) is 3.34. The number of halogens is 1. The normalized spacial score (nSPS) is 12.0. The highest BCUT2D eigenvalue weighted by Gasteiger charge is 2.13. The first-order chi connectivity index (χ1) is 11.6. The number of hydrazone groups is 1. The second-order valence-corrected chi connectivity index (χ2v) is 5.36. The van der Waals surface area contributed by atoms with E-state index in [9.17, 15) is 4.79 Å². The molecule has 0 saturated heterocycles. The van der Waals surface area contributed by atoms with Gasteiger partial charge in [-0.25, -0.2) is 5.43 Å². The van der Waals surface area contributed by atoms with Crippen LogP contribution in [-0.4, -0.2) is 24.8 Å². The van der Waals surface area contributed by atoms with Crippen LogP contribution in [0.4, 0.5) is 0 Å². The van der Waals surface area contributed by atoms with Gasteiger partial charge in [0.1, 0.15) is 11.5 Å². The van der Waals surface area contributed by atoms with Gasteiger partial charge in [0.2, 0.25) is 0 Å². The minimum Gasteiger partial charge on any atom is -0.493 e. The first-order valence-corrected chi connectivity index (χ1v) is 7.95. The van der Waals surface area contributed by atoms with Gasteiger partial charge in [-0.2, -0.15) is 5.10 Å². The minimum absolute atomic E-state index is 0.352. The smallest absolute Gasteiger partial charge is 0.280 e. The second-order valence-electron chi connectivity index (χ2n) is 4.92. The molecule has 0 aromatic heterocycles. The molecule has 0 bridgehead atoms. The van der Waals surface area contributed by atoms with Crippen LogP contribution in [0.1, 0.15) is 19.4 Å². The van der Waals surface area contributed by atoms with E-state index in [2.05, 4.69) is 10.5 Å². The second kappa shape index (κ2) is 8.93. The fourth-order valence-electron chi connectivity index (χ4n) is 1.90. The van der Waals surface area contributed by atoms with Crippen molar-refractivity contribution in [2.24, 2.45) is 5.10 Å². The van der Waals surface area contributed by atoms with Crippen LogP contribution in [-0.2, 0) is 4.79 Å². The molecular formula is C18H19ClN2O3. The minimum atomic E-state index is -0.689. The maximum Gasteiger partial charge on any atom is 0.280 e. The molecule has 6 heteroatoms. The van der Waals surface area contributed by atoms with Crippen LogP contribution >= 0.6 is 11.6 Å². The predicted molar refractivity (Wildman–Crippen MR) is 94.9 cm³/mol. The molecule has 0 spiro atoms. The highest BCUT2D eigenvalue weighted by Crippen LogP contribution is 2.17. The number of carbonyl (C=O) groups excluding carboxylic acids is 1. The van der Waals surface area contributed by atoms with E-state index in [0.29, 0.717) is 23.1 Å². The fourth-order valence-corrected chi connectivity index (χ4v) is 2.03. The lowest BCUT2D eigenvalue weighted by Gasteiger charge is -2.12. The predicted octanol–water partition coefficient (Wildman–Crippen LogP) is 3.66. The van der Waals surface area contributed by atoms with Gasteiger partial charge in [0.25, 0.3) is 5.91 Å². The number of hydrogen-bond donors (Lipinski definition) is 1. The molecule has 0 aliphatic heterocycles. The summed E-state index contributed by atoms with van der Waals surface area (Å²) in [5.41, 5.74) is 3.24. The monoisotopic (exact) mass is 346 g/mol. The number of amides is 1. The molecular weight excluding hydrogens is 328 g/mol. The molecule has 2 rings (SSSR count). The molecule has 126 valence electrons. The molecule has 1 unspecified atom stereocenters. The number of benzene rings is 2. The first-order valence-electron chi connectivity index (χ1n) is 7.57. The van der Waals surface area contributed by atoms with Crippen LogP contribution in [0.2, 0.25) is 5.02 Å². The van der Waals surface area contributed by atoms with E-state index in [4.69, 9.17) is 21.1 Å². The third kappa shape index (κ3) is 5.28. The van der Waals surface area contributed by atoms with Crippen molar-refractivity contribution in [3.63, 3.8) is 0 Å². The van der Waals surface area contributed by atoms with E-state index in [1.165, 1.54) is 6.21 Å². The van der Waals surface area contributed by atoms with Crippen LogP contribution in [0.5, 0.6) is 11.5 Å². The van der Waals surface area contributed by atoms with Crippen LogP contribution in [0.3, 0.4) is 0 Å². The largest absolute Gasteiger partial charge is 0.493 e. The summed E-state index contributed by atoms with van der Waals surface area (Å²) in [6.07, 6.45) is 0.850. The van der Waals surface area contributed by atoms with Gasteiger partial charge in [0, 0.05) is 10.6 Å². The lowest BCUT2D eigenvalue weighted by atomic mass is 10.2. The molecule has 24 heavy (non-hydrogen) atoms. The number of nitrogens with zero attached hydrogens (tertiary/aromatic N) is 1. The summed E-state index contributed by atoms with van der Waals surface area (Å²) in [4.78, 5) is 12.0. The van der Waals surface area contributed by atoms with E-state index in [1.807, 2.05) is 31.2 Å². The van der Waals surface area contributed by atoms with Gasteiger partial charge >= 0.3 is 0 Å². The number of hydrogen-bond acceptors (Lipinski definition) is 4. The maximum atomic E-state index is 12.0. The number of nitrogens with one attached hydrogen (secondary N) is 1. The topological polar surface area (TPSA) is 59.9 Å². The zero-order valence-corrected chi connectivity index (χ0v) is 14.3. The van der Waals surface area contributed by atoms with Crippen molar-refractivity contribution in [2.45, 2.75) is 20.0 Å². The van der Waals surface area contributed by atoms with E-state index in [-0.39, 0.29) is 5.91 Å². The van der Waals surface area contributed by atoms with Gasteiger partial charge in [-0.15, -0.1) is 0 Å². The first kappa shape index (κ1) is 17.8. The quantitative estimate of drug-likeness (QED) is 0.615. The molecule has 1 N–H and O–H groups in total. The van der Waals surface area contributed by atoms with E-state index >= 15 is 0 Å². The lowest BCUT2D eigenvalue weighted by molar-refractivity contribution is -0.127. The summed E-state index contributed by atoms with van der Waals surface area (Å²) in [7, 11) is 0. The molecule has 0 aliphatic carbocycles. The summed E-state index contributed by atoms with van der Waals surface area (Å²) in [6.45, 7) is 4.11. The Hall–Kier alpha value is -2.53. The molecule has 0 radical (unpaired) electrons. The summed E-state index contributed by atoms with van der Waals surface area (Å²) < 4.78 is 11.0. The molecule has 2 aromatic carbocycles. The van der Waals surface area contributed by atoms with Gasteiger partial charge < -0.3 is 9.47 Å². The number of rotatable bonds is 7. The highest BCUT2D eigenvalue weighted by molar-refractivity contribution is 6.30. The average Bonchev–Trinajstić information content (AvgIpc) is 2.58. The van der Waals surface area contributed by atoms with Gasteiger partial charge in [-0.1, -0.05) is 23.7 Å². The molecule has 0 aliphatic rings. The Kier molecular flexibility index (Phi) is 6.63. The third-order valence-electron chi connectivity index (χ3n) is 3.09. The summed E-state index contributed by atoms with van der Waals surface area (Å²) >= 11 is 5.81. The van der Waals surface area contributed by atoms with Crippen LogP contribution in [0.25, 0.3) is 0 Å². The van der Waals surface area contributed by atoms with Gasteiger partial charge in [0.15, 0.2) is 6.10 Å². The van der Waals surface area contributed by atoms with Crippen LogP contribution in [0, 0.1) is 0 Å². The summed E-state index contributed by atoms with van der Waals surface area (Å²) in [5.74, 6) is 0.922. The fraction of sp³-hybridized carbons (Fsp3) is 0.222. The van der Waals surface area contributed by atoms with Gasteiger partial charge in [0.05, 0.1) is 12.8 Å². The molecule has 0 heterocycles. The van der Waals surface area contributed by atoms with Crippen molar-refractivity contribution in [3.05, 3.63) is 59.1 Å². The molecule has 5 nitrogen and oxygen atoms in total. The SMILES string of the molecule is CCOc1ccccc1/C=N/NC(=O)C(C)Oc1ccc(Cl)cc1. The van der Waals surface area contributed by atoms with Crippen LogP contribution in [0.15, 0.2) is 53.6 Å². The molecule has 2 aromatic rings. The van der Waals surface area contributed by atoms with Crippen molar-refractivity contribution in [1.82, 2.24) is 5.43 Å². The Bertz CT molecular complexity index is 702. The number of para-hydroxylation sites is 1. The van der Waals surface area contributed by atoms with E-state index in [1.54, 1.807) is 31.2 Å². The average molecular weight is 347 g/mol. The van der Waals surface area contributed by atoms with Gasteiger partial charge in [-0.05, 0) is 50.2 Å². The Balaban J connectivity index is 1.91. The molecule has 0 fully saturated rings. The molecule has 1 atom stereocenters. The Morgan fingerprint density at radius 3 is 2.67 bits per heavy atom. The lowest BCUT2D eigenvalue weighted by Crippen LogP contribution is -2.33. The van der Waals surface area contributed by atoms with Crippen LogP contribution < -0.4 is 14.9 Å². The maximum absolute atomic E-state index is 12.0. The molecule has 0 saturated carbocycles. The summed E-state index contributed by atoms with van der Waals surface area (Å²) in [5, 5.41) is 4.56. The molecule has 1 amide bonds. The highest BCUT2D eigenvalue weighted by atomic mass is 35.5. The van der Waals surface area contributed by atoms with Crippen molar-refractivity contribution >= 4 is 23.7 Å². The van der Waals surface area contributed by atoms with Crippen molar-refractivity contribution in [3.8, 4) is 11.5 Å². The van der Waals surface area contributed by atoms with Crippen molar-refractivity contribution in [2.75, 3.05) is 6.61 Å². The van der Waals surface area contributed by atoms with E-state index in [0.717, 1.165) is 5.56 Å². The Morgan fingerprint density at radius 2 is 1.96 bits per heavy atom. The van der Waals surface area contributed by atoms with Gasteiger partial charge in [-0.3, -0.25) is 4.79 Å². The standard InChI is InChI=1S/C18H19ClN2O3/c1-3-23-17-7-5-4-6-14(17)12-20-21-18(22)13(2)24-16-10-8-15(19)9-11-16/h4-13H,3H2,1-2H3,(H,21,22)/b20-12+. The summed E-state index contributed by atoms with van der Waals surface area (Å²) in [6, 6.07) is 14.3. The Morgan fingerprint density at radius 1 is 1.25 bits per heavy atom. The van der Waals surface area contributed by atoms with Crippen molar-refractivity contribution in [1.29, 1.82) is 0 Å². The zero-order chi connectivity index (χ0) is 17.4. The Labute approximate surface area is 146 Å². The zero-order valence-electron chi connectivity index (χ0n) is 13.5. The van der Waals surface area contributed by atoms with Crippen molar-refractivity contribution < 1.29 is 14.3 Å². The van der Waals surface area contributed by atoms with E-state index < -0.39 is 6.10 Å².